The molecule has 1 aromatic heterocycles. The molecule has 0 bridgehead atoms. The summed E-state index contributed by atoms with van der Waals surface area (Å²) in [6.45, 7) is 3.91. The van der Waals surface area contributed by atoms with Crippen molar-refractivity contribution in [1.29, 1.82) is 0 Å². The predicted octanol–water partition coefficient (Wildman–Crippen LogP) is 1.29. The fourth-order valence-electron chi connectivity index (χ4n) is 1.59. The first-order valence-corrected chi connectivity index (χ1v) is 6.27. The van der Waals surface area contributed by atoms with Gasteiger partial charge in [0.05, 0.1) is 5.02 Å². The highest BCUT2D eigenvalue weighted by Gasteiger charge is 2.16. The Kier molecular flexibility index (Phi) is 5.38. The number of hydrogen-bond donors (Lipinski definition) is 3. The molecule has 1 unspecified atom stereocenters. The number of carbonyl (C=O) groups is 2. The number of aliphatic hydroxyl groups is 1. The van der Waals surface area contributed by atoms with Crippen molar-refractivity contribution in [3.8, 4) is 0 Å². The smallest absolute Gasteiger partial charge is 0.332 e. The van der Waals surface area contributed by atoms with Crippen molar-refractivity contribution in [1.82, 2.24) is 9.88 Å². The van der Waals surface area contributed by atoms with E-state index in [-0.39, 0.29) is 24.9 Å². The van der Waals surface area contributed by atoms with Crippen LogP contribution in [-0.4, -0.2) is 39.3 Å². The molecular weight excluding hydrogens is 272 g/mol. The number of rotatable bonds is 6. The van der Waals surface area contributed by atoms with E-state index in [0.29, 0.717) is 10.7 Å². The summed E-state index contributed by atoms with van der Waals surface area (Å²) in [5.74, 6) is -1.65. The van der Waals surface area contributed by atoms with E-state index in [0.717, 1.165) is 0 Å². The molecule has 0 fully saturated rings. The van der Waals surface area contributed by atoms with Crippen molar-refractivity contribution in [2.24, 2.45) is 0 Å². The molecule has 19 heavy (non-hydrogen) atoms. The molecule has 3 N–H and O–H groups in total. The molecular formula is C12H17ClN2O4. The first-order chi connectivity index (χ1) is 8.82. The van der Waals surface area contributed by atoms with Gasteiger partial charge in [0.25, 0.3) is 5.91 Å². The van der Waals surface area contributed by atoms with Gasteiger partial charge in [-0.2, -0.15) is 0 Å². The molecule has 0 saturated carbocycles. The third-order valence-corrected chi connectivity index (χ3v) is 2.80. The van der Waals surface area contributed by atoms with Crippen molar-refractivity contribution in [3.05, 3.63) is 23.0 Å². The average Bonchev–Trinajstić information content (AvgIpc) is 2.71. The summed E-state index contributed by atoms with van der Waals surface area (Å²) in [4.78, 5) is 22.3. The van der Waals surface area contributed by atoms with Gasteiger partial charge in [0, 0.05) is 25.2 Å². The van der Waals surface area contributed by atoms with E-state index in [1.165, 1.54) is 0 Å². The minimum atomic E-state index is -1.47. The molecule has 0 radical (unpaired) electrons. The fraction of sp³-hybridized carbons (Fsp3) is 0.500. The molecule has 7 heteroatoms. The van der Waals surface area contributed by atoms with Crippen LogP contribution < -0.4 is 5.32 Å². The molecule has 0 spiro atoms. The highest BCUT2D eigenvalue weighted by atomic mass is 35.5. The van der Waals surface area contributed by atoms with E-state index in [1.54, 1.807) is 16.8 Å². The number of nitrogens with one attached hydrogen (secondary N) is 1. The van der Waals surface area contributed by atoms with Gasteiger partial charge >= 0.3 is 5.97 Å². The summed E-state index contributed by atoms with van der Waals surface area (Å²) in [6.07, 6.45) is 0.144. The Labute approximate surface area is 116 Å². The summed E-state index contributed by atoms with van der Waals surface area (Å²) in [7, 11) is 0. The summed E-state index contributed by atoms with van der Waals surface area (Å²) >= 11 is 5.86. The summed E-state index contributed by atoms with van der Waals surface area (Å²) < 4.78 is 1.73. The Morgan fingerprint density at radius 1 is 1.47 bits per heavy atom. The lowest BCUT2D eigenvalue weighted by atomic mass is 10.2. The van der Waals surface area contributed by atoms with Gasteiger partial charge in [-0.15, -0.1) is 0 Å². The number of carboxylic acid groups (broad SMARTS) is 1. The number of hydrogen-bond acceptors (Lipinski definition) is 3. The van der Waals surface area contributed by atoms with Crippen molar-refractivity contribution in [2.45, 2.75) is 32.4 Å². The molecule has 0 aromatic carbocycles. The van der Waals surface area contributed by atoms with Gasteiger partial charge in [0.2, 0.25) is 0 Å². The number of aromatic nitrogens is 1. The van der Waals surface area contributed by atoms with E-state index in [4.69, 9.17) is 21.8 Å². The number of aliphatic hydroxyl groups excluding tert-OH is 1. The lowest BCUT2D eigenvalue weighted by Gasteiger charge is -2.13. The Bertz CT molecular complexity index is 470. The molecule has 0 aliphatic heterocycles. The topological polar surface area (TPSA) is 91.6 Å². The van der Waals surface area contributed by atoms with Crippen LogP contribution in [-0.2, 0) is 4.79 Å². The second-order valence-electron chi connectivity index (χ2n) is 4.44. The molecule has 106 valence electrons. The lowest BCUT2D eigenvalue weighted by Crippen LogP contribution is -2.31. The molecule has 1 heterocycles. The second kappa shape index (κ2) is 6.58. The predicted molar refractivity (Wildman–Crippen MR) is 70.4 cm³/mol. The van der Waals surface area contributed by atoms with Crippen LogP contribution in [0, 0.1) is 0 Å². The Morgan fingerprint density at radius 3 is 2.63 bits per heavy atom. The van der Waals surface area contributed by atoms with Crippen LogP contribution in [0.4, 0.5) is 0 Å². The molecule has 0 aliphatic carbocycles. The molecule has 6 nitrogen and oxygen atoms in total. The lowest BCUT2D eigenvalue weighted by molar-refractivity contribution is -0.146. The van der Waals surface area contributed by atoms with Gasteiger partial charge in [0.1, 0.15) is 5.69 Å². The van der Waals surface area contributed by atoms with Crippen molar-refractivity contribution in [2.75, 3.05) is 6.54 Å². The van der Waals surface area contributed by atoms with Gasteiger partial charge < -0.3 is 20.1 Å². The average molecular weight is 289 g/mol. The molecule has 1 aromatic rings. The number of halogens is 1. The minimum Gasteiger partial charge on any atom is -0.479 e. The first kappa shape index (κ1) is 15.5. The SMILES string of the molecule is CC(C)n1cc(Cl)cc1C(=O)NCCC(O)C(=O)O. The zero-order chi connectivity index (χ0) is 14.6. The number of carbonyl (C=O) groups excluding carboxylic acids is 1. The van der Waals surface area contributed by atoms with Gasteiger partial charge in [-0.25, -0.2) is 4.79 Å². The highest BCUT2D eigenvalue weighted by molar-refractivity contribution is 6.31. The Balaban J connectivity index is 2.61. The number of aliphatic carboxylic acids is 1. The van der Waals surface area contributed by atoms with Crippen LogP contribution in [0.25, 0.3) is 0 Å². The molecule has 0 saturated heterocycles. The van der Waals surface area contributed by atoms with E-state index < -0.39 is 12.1 Å². The van der Waals surface area contributed by atoms with E-state index in [2.05, 4.69) is 5.32 Å². The third-order valence-electron chi connectivity index (χ3n) is 2.59. The maximum absolute atomic E-state index is 11.9. The second-order valence-corrected chi connectivity index (χ2v) is 4.88. The maximum Gasteiger partial charge on any atom is 0.332 e. The summed E-state index contributed by atoms with van der Waals surface area (Å²) in [5, 5.41) is 20.6. The normalized spacial score (nSPS) is 12.5. The third kappa shape index (κ3) is 4.25. The van der Waals surface area contributed by atoms with E-state index >= 15 is 0 Å². The van der Waals surface area contributed by atoms with E-state index in [9.17, 15) is 9.59 Å². The van der Waals surface area contributed by atoms with Crippen molar-refractivity contribution < 1.29 is 19.8 Å². The largest absolute Gasteiger partial charge is 0.479 e. The summed E-state index contributed by atoms with van der Waals surface area (Å²) in [5.41, 5.74) is 0.407. The molecule has 1 rings (SSSR count). The van der Waals surface area contributed by atoms with Gasteiger partial charge in [-0.3, -0.25) is 4.79 Å². The molecule has 1 amide bonds. The van der Waals surface area contributed by atoms with Crippen LogP contribution in [0.1, 0.15) is 36.8 Å². The van der Waals surface area contributed by atoms with Gasteiger partial charge in [-0.1, -0.05) is 11.6 Å². The Morgan fingerprint density at radius 2 is 2.11 bits per heavy atom. The van der Waals surface area contributed by atoms with Crippen LogP contribution in [0.15, 0.2) is 12.3 Å². The quantitative estimate of drug-likeness (QED) is 0.735. The summed E-state index contributed by atoms with van der Waals surface area (Å²) in [6, 6.07) is 1.63. The standard InChI is InChI=1S/C12H17ClN2O4/c1-7(2)15-6-8(13)5-9(15)11(17)14-4-3-10(16)12(18)19/h5-7,10,16H,3-4H2,1-2H3,(H,14,17)(H,18,19). The van der Waals surface area contributed by atoms with Crippen molar-refractivity contribution in [3.63, 3.8) is 0 Å². The Hall–Kier alpha value is -1.53. The maximum atomic E-state index is 11.9. The molecule has 1 atom stereocenters. The zero-order valence-corrected chi connectivity index (χ0v) is 11.5. The number of carboxylic acids is 1. The first-order valence-electron chi connectivity index (χ1n) is 5.89. The molecule has 0 aliphatic rings. The minimum absolute atomic E-state index is 0.0445. The number of amides is 1. The van der Waals surface area contributed by atoms with E-state index in [1.807, 2.05) is 13.8 Å². The van der Waals surface area contributed by atoms with Gasteiger partial charge in [-0.05, 0) is 19.9 Å². The van der Waals surface area contributed by atoms with Crippen LogP contribution in [0.5, 0.6) is 0 Å². The van der Waals surface area contributed by atoms with Crippen LogP contribution in [0.3, 0.4) is 0 Å². The monoisotopic (exact) mass is 288 g/mol. The van der Waals surface area contributed by atoms with Crippen molar-refractivity contribution >= 4 is 23.5 Å². The zero-order valence-electron chi connectivity index (χ0n) is 10.8. The highest BCUT2D eigenvalue weighted by Crippen LogP contribution is 2.18. The fourth-order valence-corrected chi connectivity index (χ4v) is 1.80. The van der Waals surface area contributed by atoms with Gasteiger partial charge in [0.15, 0.2) is 6.10 Å². The number of nitrogens with zero attached hydrogens (tertiary/aromatic N) is 1. The van der Waals surface area contributed by atoms with Crippen LogP contribution >= 0.6 is 11.6 Å². The van der Waals surface area contributed by atoms with Crippen LogP contribution in [0.2, 0.25) is 5.02 Å².